The third-order valence-electron chi connectivity index (χ3n) is 4.40. The predicted molar refractivity (Wildman–Crippen MR) is 106 cm³/mol. The third kappa shape index (κ3) is 4.98. The van der Waals surface area contributed by atoms with E-state index in [0.29, 0.717) is 34.8 Å². The molecule has 2 N–H and O–H groups in total. The Bertz CT molecular complexity index is 814. The van der Waals surface area contributed by atoms with Gasteiger partial charge in [0.15, 0.2) is 0 Å². The molecule has 0 aliphatic carbocycles. The van der Waals surface area contributed by atoms with E-state index in [1.54, 1.807) is 13.8 Å². The standard InChI is InChI=1S/C21H28N2O4/c1-13-17(20(25)27-12-11-26-6)14(2)22-18(13)19(24)23-16-9-7-15(8-10-16)21(3,4)5/h7-10,22H,11-12H2,1-6H3,(H,23,24). The van der Waals surface area contributed by atoms with Crippen molar-refractivity contribution in [1.82, 2.24) is 4.98 Å². The highest BCUT2D eigenvalue weighted by Crippen LogP contribution is 2.24. The van der Waals surface area contributed by atoms with Crippen LogP contribution in [0.2, 0.25) is 0 Å². The topological polar surface area (TPSA) is 80.4 Å². The number of aromatic amines is 1. The Labute approximate surface area is 160 Å². The molecule has 1 heterocycles. The van der Waals surface area contributed by atoms with Crippen LogP contribution in [0.4, 0.5) is 5.69 Å². The number of esters is 1. The van der Waals surface area contributed by atoms with Gasteiger partial charge in [-0.25, -0.2) is 4.79 Å². The highest BCUT2D eigenvalue weighted by Gasteiger charge is 2.23. The average Bonchev–Trinajstić information content (AvgIpc) is 2.89. The van der Waals surface area contributed by atoms with E-state index < -0.39 is 5.97 Å². The number of anilines is 1. The molecule has 0 unspecified atom stereocenters. The molecule has 0 saturated carbocycles. The number of carbonyl (C=O) groups excluding carboxylic acids is 2. The molecule has 0 aliphatic rings. The van der Waals surface area contributed by atoms with E-state index in [4.69, 9.17) is 9.47 Å². The minimum atomic E-state index is -0.466. The first-order valence-corrected chi connectivity index (χ1v) is 8.92. The maximum Gasteiger partial charge on any atom is 0.340 e. The van der Waals surface area contributed by atoms with Crippen LogP contribution in [0, 0.1) is 13.8 Å². The number of carbonyl (C=O) groups is 2. The zero-order chi connectivity index (χ0) is 20.2. The van der Waals surface area contributed by atoms with Crippen LogP contribution in [-0.4, -0.2) is 37.2 Å². The molecule has 0 aliphatic heterocycles. The first kappa shape index (κ1) is 20.7. The summed E-state index contributed by atoms with van der Waals surface area (Å²) in [7, 11) is 1.54. The Kier molecular flexibility index (Phi) is 6.44. The van der Waals surface area contributed by atoms with Gasteiger partial charge in [0, 0.05) is 18.5 Å². The summed E-state index contributed by atoms with van der Waals surface area (Å²) in [5.41, 5.74) is 3.85. The molecule has 146 valence electrons. The zero-order valence-corrected chi connectivity index (χ0v) is 16.9. The number of H-pyrrole nitrogens is 1. The molecule has 0 atom stereocenters. The maximum atomic E-state index is 12.7. The molecule has 27 heavy (non-hydrogen) atoms. The van der Waals surface area contributed by atoms with Crippen molar-refractivity contribution in [3.63, 3.8) is 0 Å². The van der Waals surface area contributed by atoms with Gasteiger partial charge in [-0.05, 0) is 42.5 Å². The van der Waals surface area contributed by atoms with Crippen molar-refractivity contribution in [2.24, 2.45) is 0 Å². The lowest BCUT2D eigenvalue weighted by atomic mass is 9.87. The molecule has 0 fully saturated rings. The van der Waals surface area contributed by atoms with Gasteiger partial charge in [0.2, 0.25) is 0 Å². The van der Waals surface area contributed by atoms with Crippen LogP contribution < -0.4 is 5.32 Å². The number of nitrogens with one attached hydrogen (secondary N) is 2. The predicted octanol–water partition coefficient (Wildman–Crippen LogP) is 3.98. The van der Waals surface area contributed by atoms with Gasteiger partial charge in [-0.15, -0.1) is 0 Å². The minimum Gasteiger partial charge on any atom is -0.460 e. The van der Waals surface area contributed by atoms with Crippen LogP contribution in [0.25, 0.3) is 0 Å². The van der Waals surface area contributed by atoms with Crippen LogP contribution in [0.15, 0.2) is 24.3 Å². The number of hydrogen-bond acceptors (Lipinski definition) is 4. The van der Waals surface area contributed by atoms with Gasteiger partial charge in [0.05, 0.1) is 12.2 Å². The SMILES string of the molecule is COCCOC(=O)c1c(C)[nH]c(C(=O)Nc2ccc(C(C)(C)C)cc2)c1C. The van der Waals surface area contributed by atoms with Crippen molar-refractivity contribution in [3.8, 4) is 0 Å². The summed E-state index contributed by atoms with van der Waals surface area (Å²) < 4.78 is 10.0. The first-order valence-electron chi connectivity index (χ1n) is 8.92. The maximum absolute atomic E-state index is 12.7. The van der Waals surface area contributed by atoms with Gasteiger partial charge in [0.1, 0.15) is 12.3 Å². The Morgan fingerprint density at radius 2 is 1.70 bits per heavy atom. The van der Waals surface area contributed by atoms with Gasteiger partial charge in [-0.2, -0.15) is 0 Å². The number of ether oxygens (including phenoxy) is 2. The van der Waals surface area contributed by atoms with Gasteiger partial charge < -0.3 is 19.8 Å². The van der Waals surface area contributed by atoms with Crippen molar-refractivity contribution in [1.29, 1.82) is 0 Å². The van der Waals surface area contributed by atoms with Gasteiger partial charge in [0.25, 0.3) is 5.91 Å². The van der Waals surface area contributed by atoms with Crippen molar-refractivity contribution >= 4 is 17.6 Å². The molecule has 6 heteroatoms. The summed E-state index contributed by atoms with van der Waals surface area (Å²) in [6.07, 6.45) is 0. The van der Waals surface area contributed by atoms with E-state index in [0.717, 1.165) is 0 Å². The number of rotatable bonds is 6. The number of hydrogen-bond donors (Lipinski definition) is 2. The summed E-state index contributed by atoms with van der Waals surface area (Å²) in [6.45, 7) is 10.4. The fourth-order valence-corrected chi connectivity index (χ4v) is 2.82. The molecule has 1 aromatic carbocycles. The molecule has 6 nitrogen and oxygen atoms in total. The van der Waals surface area contributed by atoms with E-state index in [1.807, 2.05) is 24.3 Å². The Morgan fingerprint density at radius 1 is 1.07 bits per heavy atom. The Balaban J connectivity index is 2.15. The summed E-state index contributed by atoms with van der Waals surface area (Å²) in [4.78, 5) is 27.9. The van der Waals surface area contributed by atoms with Crippen molar-refractivity contribution in [2.75, 3.05) is 25.6 Å². The fourth-order valence-electron chi connectivity index (χ4n) is 2.82. The normalized spacial score (nSPS) is 11.3. The van der Waals surface area contributed by atoms with Gasteiger partial charge in [-0.1, -0.05) is 32.9 Å². The molecule has 2 aromatic rings. The lowest BCUT2D eigenvalue weighted by Crippen LogP contribution is -2.15. The summed E-state index contributed by atoms with van der Waals surface area (Å²) in [6, 6.07) is 7.76. The largest absolute Gasteiger partial charge is 0.460 e. The number of aromatic nitrogens is 1. The number of benzene rings is 1. The van der Waals surface area contributed by atoms with Crippen molar-refractivity contribution < 1.29 is 19.1 Å². The molecular formula is C21H28N2O4. The van der Waals surface area contributed by atoms with E-state index in [-0.39, 0.29) is 17.9 Å². The summed E-state index contributed by atoms with van der Waals surface area (Å²) in [5.74, 6) is -0.762. The van der Waals surface area contributed by atoms with Gasteiger partial charge >= 0.3 is 5.97 Å². The summed E-state index contributed by atoms with van der Waals surface area (Å²) >= 11 is 0. The molecule has 1 amide bonds. The molecule has 0 radical (unpaired) electrons. The first-order chi connectivity index (χ1) is 12.6. The van der Waals surface area contributed by atoms with E-state index in [2.05, 4.69) is 31.1 Å². The highest BCUT2D eigenvalue weighted by molar-refractivity contribution is 6.06. The molecule has 2 rings (SSSR count). The van der Waals surface area contributed by atoms with Crippen molar-refractivity contribution in [3.05, 3.63) is 52.3 Å². The summed E-state index contributed by atoms with van der Waals surface area (Å²) in [5, 5.41) is 2.87. The van der Waals surface area contributed by atoms with Gasteiger partial charge in [-0.3, -0.25) is 4.79 Å². The monoisotopic (exact) mass is 372 g/mol. The van der Waals surface area contributed by atoms with E-state index in [1.165, 1.54) is 12.7 Å². The molecule has 0 spiro atoms. The third-order valence-corrected chi connectivity index (χ3v) is 4.40. The van der Waals surface area contributed by atoms with Crippen LogP contribution >= 0.6 is 0 Å². The van der Waals surface area contributed by atoms with Crippen LogP contribution in [0.1, 0.15) is 58.4 Å². The molecular weight excluding hydrogens is 344 g/mol. The van der Waals surface area contributed by atoms with E-state index >= 15 is 0 Å². The quantitative estimate of drug-likeness (QED) is 0.594. The van der Waals surface area contributed by atoms with Crippen LogP contribution in [0.3, 0.4) is 0 Å². The lowest BCUT2D eigenvalue weighted by Gasteiger charge is -2.19. The second-order valence-corrected chi connectivity index (χ2v) is 7.54. The van der Waals surface area contributed by atoms with Crippen LogP contribution in [-0.2, 0) is 14.9 Å². The Hall–Kier alpha value is -2.60. The lowest BCUT2D eigenvalue weighted by molar-refractivity contribution is 0.0387. The molecule has 1 aromatic heterocycles. The second-order valence-electron chi connectivity index (χ2n) is 7.54. The van der Waals surface area contributed by atoms with Crippen molar-refractivity contribution in [2.45, 2.75) is 40.0 Å². The smallest absolute Gasteiger partial charge is 0.340 e. The molecule has 0 bridgehead atoms. The average molecular weight is 372 g/mol. The minimum absolute atomic E-state index is 0.0494. The number of methoxy groups -OCH3 is 1. The van der Waals surface area contributed by atoms with E-state index in [9.17, 15) is 9.59 Å². The molecule has 0 saturated heterocycles. The fraction of sp³-hybridized carbons (Fsp3) is 0.429. The van der Waals surface area contributed by atoms with Crippen LogP contribution in [0.5, 0.6) is 0 Å². The Morgan fingerprint density at radius 3 is 2.26 bits per heavy atom. The second kappa shape index (κ2) is 8.39. The number of aryl methyl sites for hydroxylation is 1. The zero-order valence-electron chi connectivity index (χ0n) is 16.9. The highest BCUT2D eigenvalue weighted by atomic mass is 16.6. The number of amides is 1.